The van der Waals surface area contributed by atoms with Crippen molar-refractivity contribution in [2.45, 2.75) is 39.2 Å². The maximum absolute atomic E-state index is 6.06. The second-order valence-electron chi connectivity index (χ2n) is 7.88. The highest BCUT2D eigenvalue weighted by atomic mass is 127. The van der Waals surface area contributed by atoms with E-state index in [9.17, 15) is 0 Å². The standard InChI is InChI=1S/C22H36N4O2.HI/c1-18-5-8-20(21(15-18)28-17-19-6-7-19)16-25-22(23-2)24-9-3-4-10-26-11-13-27-14-12-26;/h5,8,15,19H,3-4,6-7,9-14,16-17H2,1-2H3,(H2,23,24,25);1H. The molecule has 6 nitrogen and oxygen atoms in total. The number of benzene rings is 1. The summed E-state index contributed by atoms with van der Waals surface area (Å²) in [7, 11) is 1.82. The normalized spacial score (nSPS) is 17.5. The van der Waals surface area contributed by atoms with Gasteiger partial charge in [0.15, 0.2) is 5.96 Å². The molecule has 29 heavy (non-hydrogen) atoms. The van der Waals surface area contributed by atoms with Crippen molar-refractivity contribution < 1.29 is 9.47 Å². The summed E-state index contributed by atoms with van der Waals surface area (Å²) in [4.78, 5) is 6.83. The van der Waals surface area contributed by atoms with Crippen LogP contribution in [0.25, 0.3) is 0 Å². The summed E-state index contributed by atoms with van der Waals surface area (Å²) in [6, 6.07) is 6.43. The summed E-state index contributed by atoms with van der Waals surface area (Å²) in [5.74, 6) is 2.61. The monoisotopic (exact) mass is 516 g/mol. The Morgan fingerprint density at radius 3 is 2.72 bits per heavy atom. The summed E-state index contributed by atoms with van der Waals surface area (Å²) in [5.41, 5.74) is 2.42. The summed E-state index contributed by atoms with van der Waals surface area (Å²) >= 11 is 0. The fourth-order valence-corrected chi connectivity index (χ4v) is 3.33. The Balaban J connectivity index is 0.00000300. The number of rotatable bonds is 10. The maximum atomic E-state index is 6.06. The molecule has 0 amide bonds. The molecule has 1 aromatic carbocycles. The van der Waals surface area contributed by atoms with E-state index >= 15 is 0 Å². The molecule has 164 valence electrons. The Kier molecular flexibility index (Phi) is 11.1. The molecule has 2 aliphatic rings. The van der Waals surface area contributed by atoms with Gasteiger partial charge in [-0.1, -0.05) is 12.1 Å². The highest BCUT2D eigenvalue weighted by molar-refractivity contribution is 14.0. The highest BCUT2D eigenvalue weighted by Crippen LogP contribution is 2.30. The summed E-state index contributed by atoms with van der Waals surface area (Å²) in [6.45, 7) is 9.64. The van der Waals surface area contributed by atoms with Gasteiger partial charge in [-0.3, -0.25) is 9.89 Å². The first-order valence-corrected chi connectivity index (χ1v) is 10.7. The van der Waals surface area contributed by atoms with Crippen LogP contribution in [-0.2, 0) is 11.3 Å². The van der Waals surface area contributed by atoms with Gasteiger partial charge in [0.25, 0.3) is 0 Å². The van der Waals surface area contributed by atoms with E-state index in [1.807, 2.05) is 7.05 Å². The van der Waals surface area contributed by atoms with Gasteiger partial charge in [-0.25, -0.2) is 0 Å². The second kappa shape index (κ2) is 13.3. The molecule has 7 heteroatoms. The van der Waals surface area contributed by atoms with Crippen LogP contribution in [0.2, 0.25) is 0 Å². The van der Waals surface area contributed by atoms with Gasteiger partial charge in [0.2, 0.25) is 0 Å². The number of hydrogen-bond acceptors (Lipinski definition) is 4. The van der Waals surface area contributed by atoms with Crippen molar-refractivity contribution >= 4 is 29.9 Å². The molecule has 0 bridgehead atoms. The Labute approximate surface area is 192 Å². The van der Waals surface area contributed by atoms with Gasteiger partial charge >= 0.3 is 0 Å². The molecule has 0 aromatic heterocycles. The first-order chi connectivity index (χ1) is 13.7. The maximum Gasteiger partial charge on any atom is 0.191 e. The number of ether oxygens (including phenoxy) is 2. The largest absolute Gasteiger partial charge is 0.493 e. The van der Waals surface area contributed by atoms with E-state index in [0.29, 0.717) is 6.54 Å². The number of nitrogens with one attached hydrogen (secondary N) is 2. The molecule has 0 unspecified atom stereocenters. The Morgan fingerprint density at radius 2 is 2.00 bits per heavy atom. The molecule has 1 saturated heterocycles. The van der Waals surface area contributed by atoms with Crippen molar-refractivity contribution in [1.29, 1.82) is 0 Å². The zero-order valence-electron chi connectivity index (χ0n) is 17.9. The van der Waals surface area contributed by atoms with Crippen molar-refractivity contribution in [3.63, 3.8) is 0 Å². The molecular formula is C22H37IN4O2. The Hall–Kier alpha value is -1.06. The minimum absolute atomic E-state index is 0. The molecule has 1 aliphatic heterocycles. The van der Waals surface area contributed by atoms with Gasteiger partial charge < -0.3 is 20.1 Å². The topological polar surface area (TPSA) is 58.1 Å². The average molecular weight is 516 g/mol. The zero-order chi connectivity index (χ0) is 19.6. The Morgan fingerprint density at radius 1 is 1.21 bits per heavy atom. The van der Waals surface area contributed by atoms with Crippen LogP contribution < -0.4 is 15.4 Å². The second-order valence-corrected chi connectivity index (χ2v) is 7.88. The predicted octanol–water partition coefficient (Wildman–Crippen LogP) is 3.18. The van der Waals surface area contributed by atoms with E-state index in [1.54, 1.807) is 0 Å². The molecule has 1 saturated carbocycles. The van der Waals surface area contributed by atoms with Crippen LogP contribution in [0.1, 0.15) is 36.8 Å². The van der Waals surface area contributed by atoms with Crippen LogP contribution in [0.3, 0.4) is 0 Å². The number of unbranched alkanes of at least 4 members (excludes halogenated alkanes) is 1. The van der Waals surface area contributed by atoms with Crippen LogP contribution in [-0.4, -0.2) is 63.9 Å². The molecule has 0 radical (unpaired) electrons. The first kappa shape index (κ1) is 24.2. The summed E-state index contributed by atoms with van der Waals surface area (Å²) < 4.78 is 11.5. The van der Waals surface area contributed by atoms with Gasteiger partial charge in [-0.05, 0) is 56.7 Å². The van der Waals surface area contributed by atoms with Crippen LogP contribution in [0.5, 0.6) is 5.75 Å². The van der Waals surface area contributed by atoms with Crippen LogP contribution in [0.4, 0.5) is 0 Å². The molecule has 1 aliphatic carbocycles. The average Bonchev–Trinajstić information content (AvgIpc) is 3.55. The smallest absolute Gasteiger partial charge is 0.191 e. The van der Waals surface area contributed by atoms with Crippen molar-refractivity contribution in [1.82, 2.24) is 15.5 Å². The summed E-state index contributed by atoms with van der Waals surface area (Å²) in [5, 5.41) is 6.84. The number of nitrogens with zero attached hydrogens (tertiary/aromatic N) is 2. The van der Waals surface area contributed by atoms with Crippen molar-refractivity contribution in [3.05, 3.63) is 29.3 Å². The van der Waals surface area contributed by atoms with Crippen molar-refractivity contribution in [2.24, 2.45) is 10.9 Å². The van der Waals surface area contributed by atoms with Crippen molar-refractivity contribution in [3.8, 4) is 5.75 Å². The van der Waals surface area contributed by atoms with Crippen LogP contribution in [0.15, 0.2) is 23.2 Å². The predicted molar refractivity (Wildman–Crippen MR) is 130 cm³/mol. The van der Waals surface area contributed by atoms with Crippen LogP contribution >= 0.6 is 24.0 Å². The van der Waals surface area contributed by atoms with E-state index in [0.717, 1.165) is 70.0 Å². The quantitative estimate of drug-likeness (QED) is 0.217. The van der Waals surface area contributed by atoms with E-state index < -0.39 is 0 Å². The fraction of sp³-hybridized carbons (Fsp3) is 0.682. The molecule has 0 spiro atoms. The molecule has 1 aromatic rings. The molecule has 0 atom stereocenters. The van der Waals surface area contributed by atoms with Gasteiger partial charge in [-0.2, -0.15) is 0 Å². The number of aryl methyl sites for hydroxylation is 1. The van der Waals surface area contributed by atoms with E-state index in [4.69, 9.17) is 9.47 Å². The van der Waals surface area contributed by atoms with E-state index in [-0.39, 0.29) is 24.0 Å². The number of aliphatic imine (C=N–C) groups is 1. The highest BCUT2D eigenvalue weighted by Gasteiger charge is 2.22. The van der Waals surface area contributed by atoms with E-state index in [1.165, 1.54) is 30.4 Å². The number of hydrogen-bond donors (Lipinski definition) is 2. The summed E-state index contributed by atoms with van der Waals surface area (Å²) in [6.07, 6.45) is 4.95. The molecule has 2 N–H and O–H groups in total. The fourth-order valence-electron chi connectivity index (χ4n) is 3.33. The molecule has 3 rings (SSSR count). The SMILES string of the molecule is CN=C(NCCCCN1CCOCC1)NCc1ccc(C)cc1OCC1CC1.I. The zero-order valence-corrected chi connectivity index (χ0v) is 20.2. The molecular weight excluding hydrogens is 479 g/mol. The third-order valence-electron chi connectivity index (χ3n) is 5.36. The number of halogens is 1. The van der Waals surface area contributed by atoms with Gasteiger partial charge in [0.1, 0.15) is 5.75 Å². The van der Waals surface area contributed by atoms with E-state index in [2.05, 4.69) is 45.6 Å². The van der Waals surface area contributed by atoms with Crippen molar-refractivity contribution in [2.75, 3.05) is 53.0 Å². The number of morpholine rings is 1. The molecule has 1 heterocycles. The third kappa shape index (κ3) is 9.09. The Bertz CT molecular complexity index is 631. The minimum atomic E-state index is 0. The first-order valence-electron chi connectivity index (χ1n) is 10.7. The lowest BCUT2D eigenvalue weighted by molar-refractivity contribution is 0.0372. The lowest BCUT2D eigenvalue weighted by Gasteiger charge is -2.26. The number of guanidine groups is 1. The lowest BCUT2D eigenvalue weighted by atomic mass is 10.1. The van der Waals surface area contributed by atoms with Gasteiger partial charge in [-0.15, -0.1) is 24.0 Å². The van der Waals surface area contributed by atoms with Gasteiger partial charge in [0.05, 0.1) is 19.8 Å². The van der Waals surface area contributed by atoms with Crippen LogP contribution in [0, 0.1) is 12.8 Å². The third-order valence-corrected chi connectivity index (χ3v) is 5.36. The molecule has 2 fully saturated rings. The minimum Gasteiger partial charge on any atom is -0.493 e. The lowest BCUT2D eigenvalue weighted by Crippen LogP contribution is -2.38. The van der Waals surface area contributed by atoms with Gasteiger partial charge in [0, 0.05) is 38.8 Å².